The normalized spacial score (nSPS) is 22.6. The van der Waals surface area contributed by atoms with Crippen LogP contribution in [-0.4, -0.2) is 59.9 Å². The molecule has 0 aliphatic carbocycles. The predicted molar refractivity (Wildman–Crippen MR) is 87.5 cm³/mol. The minimum absolute atomic E-state index is 0.0933. The molecule has 2 heterocycles. The van der Waals surface area contributed by atoms with Gasteiger partial charge >= 0.3 is 0 Å². The summed E-state index contributed by atoms with van der Waals surface area (Å²) >= 11 is 0. The van der Waals surface area contributed by atoms with Gasteiger partial charge in [-0.15, -0.1) is 0 Å². The van der Waals surface area contributed by atoms with E-state index in [1.807, 2.05) is 20.8 Å². The number of rotatable bonds is 4. The Labute approximate surface area is 134 Å². The first-order valence-electron chi connectivity index (χ1n) is 8.82. The first kappa shape index (κ1) is 17.3. The lowest BCUT2D eigenvalue weighted by atomic mass is 9.93. The lowest BCUT2D eigenvalue weighted by molar-refractivity contribution is -0.138. The molecule has 5 heteroatoms. The van der Waals surface area contributed by atoms with Crippen molar-refractivity contribution in [1.29, 1.82) is 0 Å². The van der Waals surface area contributed by atoms with E-state index in [1.165, 1.54) is 6.42 Å². The third kappa shape index (κ3) is 4.45. The van der Waals surface area contributed by atoms with Crippen molar-refractivity contribution >= 4 is 11.8 Å². The minimum atomic E-state index is -0.103. The van der Waals surface area contributed by atoms with Gasteiger partial charge in [0.1, 0.15) is 0 Å². The summed E-state index contributed by atoms with van der Waals surface area (Å²) in [4.78, 5) is 28.9. The molecule has 2 saturated heterocycles. The zero-order chi connectivity index (χ0) is 16.1. The highest BCUT2D eigenvalue weighted by Crippen LogP contribution is 2.23. The van der Waals surface area contributed by atoms with Gasteiger partial charge < -0.3 is 10.2 Å². The molecule has 2 fully saturated rings. The number of carbonyl (C=O) groups is 2. The maximum absolute atomic E-state index is 12.5. The molecule has 0 radical (unpaired) electrons. The highest BCUT2D eigenvalue weighted by molar-refractivity contribution is 5.82. The van der Waals surface area contributed by atoms with Crippen molar-refractivity contribution in [1.82, 2.24) is 15.1 Å². The van der Waals surface area contributed by atoms with E-state index in [4.69, 9.17) is 0 Å². The molecular formula is C17H31N3O2. The van der Waals surface area contributed by atoms with Crippen molar-refractivity contribution in [2.45, 2.75) is 65.0 Å². The summed E-state index contributed by atoms with van der Waals surface area (Å²) in [6.45, 7) is 9.49. The summed E-state index contributed by atoms with van der Waals surface area (Å²) in [5.41, 5.74) is 0. The summed E-state index contributed by atoms with van der Waals surface area (Å²) in [7, 11) is 0. The third-order valence-corrected chi connectivity index (χ3v) is 4.90. The lowest BCUT2D eigenvalue weighted by Gasteiger charge is -2.37. The molecule has 1 N–H and O–H groups in total. The molecule has 5 nitrogen and oxygen atoms in total. The zero-order valence-corrected chi connectivity index (χ0v) is 14.3. The summed E-state index contributed by atoms with van der Waals surface area (Å²) in [5.74, 6) is 0.601. The van der Waals surface area contributed by atoms with E-state index in [0.29, 0.717) is 5.91 Å². The van der Waals surface area contributed by atoms with Crippen LogP contribution in [0, 0.1) is 5.92 Å². The maximum atomic E-state index is 12.5. The third-order valence-electron chi connectivity index (χ3n) is 4.90. The first-order chi connectivity index (χ1) is 10.5. The minimum Gasteiger partial charge on any atom is -0.353 e. The Bertz CT molecular complexity index is 383. The number of likely N-dealkylation sites (tertiary alicyclic amines) is 2. The van der Waals surface area contributed by atoms with E-state index >= 15 is 0 Å². The summed E-state index contributed by atoms with van der Waals surface area (Å²) < 4.78 is 0. The van der Waals surface area contributed by atoms with Crippen molar-refractivity contribution < 1.29 is 9.59 Å². The van der Waals surface area contributed by atoms with Crippen molar-refractivity contribution in [3.63, 3.8) is 0 Å². The van der Waals surface area contributed by atoms with Crippen LogP contribution in [-0.2, 0) is 9.59 Å². The molecule has 2 rings (SSSR count). The first-order valence-corrected chi connectivity index (χ1v) is 8.82. The fraction of sp³-hybridized carbons (Fsp3) is 0.882. The average molecular weight is 309 g/mol. The van der Waals surface area contributed by atoms with Gasteiger partial charge in [0.2, 0.25) is 11.8 Å². The van der Waals surface area contributed by atoms with Gasteiger partial charge in [-0.05, 0) is 66.0 Å². The van der Waals surface area contributed by atoms with E-state index < -0.39 is 0 Å². The molecule has 22 heavy (non-hydrogen) atoms. The summed E-state index contributed by atoms with van der Waals surface area (Å²) in [5, 5.41) is 2.97. The van der Waals surface area contributed by atoms with Crippen LogP contribution in [0.3, 0.4) is 0 Å². The number of carbonyl (C=O) groups excluding carboxylic acids is 2. The number of hydrogen-bond acceptors (Lipinski definition) is 3. The number of hydrogen-bond donors (Lipinski definition) is 1. The van der Waals surface area contributed by atoms with Crippen molar-refractivity contribution in [2.75, 3.05) is 26.2 Å². The molecule has 0 saturated carbocycles. The Balaban J connectivity index is 1.79. The Morgan fingerprint density at radius 3 is 2.09 bits per heavy atom. The van der Waals surface area contributed by atoms with Crippen LogP contribution in [0.15, 0.2) is 0 Å². The highest BCUT2D eigenvalue weighted by atomic mass is 16.2. The number of nitrogens with one attached hydrogen (secondary N) is 1. The van der Waals surface area contributed by atoms with Crippen LogP contribution in [0.1, 0.15) is 52.9 Å². The SMILES string of the molecule is CC(C)NC(=O)C(C)N1CCC(C(=O)N2CCCCC2)CC1. The molecule has 0 bridgehead atoms. The summed E-state index contributed by atoms with van der Waals surface area (Å²) in [6, 6.07) is 0.0709. The van der Waals surface area contributed by atoms with E-state index in [9.17, 15) is 9.59 Å². The van der Waals surface area contributed by atoms with E-state index in [2.05, 4.69) is 15.1 Å². The molecule has 0 aromatic carbocycles. The van der Waals surface area contributed by atoms with Gasteiger partial charge in [0.05, 0.1) is 6.04 Å². The molecule has 0 spiro atoms. The topological polar surface area (TPSA) is 52.7 Å². The van der Waals surface area contributed by atoms with Gasteiger partial charge in [-0.3, -0.25) is 14.5 Å². The molecule has 2 amide bonds. The standard InChI is InChI=1S/C17H31N3O2/c1-13(2)18-16(21)14(3)19-11-7-15(8-12-19)17(22)20-9-5-4-6-10-20/h13-15H,4-12H2,1-3H3,(H,18,21). The van der Waals surface area contributed by atoms with Gasteiger partial charge in [0.25, 0.3) is 0 Å². The van der Waals surface area contributed by atoms with Crippen molar-refractivity contribution in [3.8, 4) is 0 Å². The van der Waals surface area contributed by atoms with Crippen LogP contribution < -0.4 is 5.32 Å². The van der Waals surface area contributed by atoms with Crippen molar-refractivity contribution in [3.05, 3.63) is 0 Å². The van der Waals surface area contributed by atoms with E-state index in [0.717, 1.165) is 51.9 Å². The Morgan fingerprint density at radius 1 is 0.955 bits per heavy atom. The summed E-state index contributed by atoms with van der Waals surface area (Å²) in [6.07, 6.45) is 5.32. The van der Waals surface area contributed by atoms with Gasteiger partial charge in [-0.2, -0.15) is 0 Å². The number of amides is 2. The van der Waals surface area contributed by atoms with Crippen LogP contribution >= 0.6 is 0 Å². The van der Waals surface area contributed by atoms with Crippen molar-refractivity contribution in [2.24, 2.45) is 5.92 Å². The molecule has 2 aliphatic rings. The number of nitrogens with zero attached hydrogens (tertiary/aromatic N) is 2. The smallest absolute Gasteiger partial charge is 0.237 e. The van der Waals surface area contributed by atoms with Gasteiger partial charge in [0.15, 0.2) is 0 Å². The monoisotopic (exact) mass is 309 g/mol. The fourth-order valence-corrected chi connectivity index (χ4v) is 3.48. The zero-order valence-electron chi connectivity index (χ0n) is 14.3. The maximum Gasteiger partial charge on any atom is 0.237 e. The van der Waals surface area contributed by atoms with E-state index in [-0.39, 0.29) is 23.9 Å². The second-order valence-corrected chi connectivity index (χ2v) is 7.04. The molecule has 1 atom stereocenters. The molecular weight excluding hydrogens is 278 g/mol. The highest BCUT2D eigenvalue weighted by Gasteiger charge is 2.32. The second-order valence-electron chi connectivity index (χ2n) is 7.04. The Hall–Kier alpha value is -1.10. The second kappa shape index (κ2) is 7.95. The van der Waals surface area contributed by atoms with Crippen LogP contribution in [0.5, 0.6) is 0 Å². The van der Waals surface area contributed by atoms with Gasteiger partial charge in [-0.25, -0.2) is 0 Å². The molecule has 0 aromatic heterocycles. The van der Waals surface area contributed by atoms with Gasteiger partial charge in [0, 0.05) is 25.0 Å². The average Bonchev–Trinajstić information content (AvgIpc) is 2.54. The predicted octanol–water partition coefficient (Wildman–Crippen LogP) is 1.62. The van der Waals surface area contributed by atoms with Gasteiger partial charge in [-0.1, -0.05) is 0 Å². The quantitative estimate of drug-likeness (QED) is 0.858. The largest absolute Gasteiger partial charge is 0.353 e. The van der Waals surface area contributed by atoms with Crippen LogP contribution in [0.25, 0.3) is 0 Å². The Morgan fingerprint density at radius 2 is 1.55 bits per heavy atom. The Kier molecular flexibility index (Phi) is 6.24. The molecule has 126 valence electrons. The lowest BCUT2D eigenvalue weighted by Crippen LogP contribution is -2.51. The van der Waals surface area contributed by atoms with Crippen LogP contribution in [0.4, 0.5) is 0 Å². The van der Waals surface area contributed by atoms with E-state index in [1.54, 1.807) is 0 Å². The molecule has 0 aromatic rings. The number of piperidine rings is 2. The fourth-order valence-electron chi connectivity index (χ4n) is 3.48. The molecule has 1 unspecified atom stereocenters. The van der Waals surface area contributed by atoms with Crippen LogP contribution in [0.2, 0.25) is 0 Å². The molecule has 2 aliphatic heterocycles.